The Balaban J connectivity index is 1.83. The van der Waals surface area contributed by atoms with Crippen LogP contribution in [0.3, 0.4) is 0 Å². The third-order valence-corrected chi connectivity index (χ3v) is 4.86. The summed E-state index contributed by atoms with van der Waals surface area (Å²) in [6, 6.07) is 9.04. The molecule has 2 atom stereocenters. The first-order valence-electron chi connectivity index (χ1n) is 8.02. The van der Waals surface area contributed by atoms with Crippen LogP contribution in [0.5, 0.6) is 23.0 Å². The molecule has 25 heavy (non-hydrogen) atoms. The molecular weight excluding hydrogens is 322 g/mol. The summed E-state index contributed by atoms with van der Waals surface area (Å²) in [7, 11) is 4.75. The molecule has 2 aromatic rings. The van der Waals surface area contributed by atoms with Crippen molar-refractivity contribution in [3.63, 3.8) is 0 Å². The number of rotatable bonds is 3. The van der Waals surface area contributed by atoms with Gasteiger partial charge in [0.15, 0.2) is 11.5 Å². The minimum absolute atomic E-state index is 0.0816. The molecule has 0 radical (unpaired) electrons. The maximum Gasteiger partial charge on any atom is 0.258 e. The van der Waals surface area contributed by atoms with Crippen LogP contribution in [0.25, 0.3) is 0 Å². The number of amides is 1. The quantitative estimate of drug-likeness (QED) is 0.857. The van der Waals surface area contributed by atoms with Gasteiger partial charge in [0.2, 0.25) is 6.23 Å². The van der Waals surface area contributed by atoms with Crippen molar-refractivity contribution >= 4 is 5.91 Å². The lowest BCUT2D eigenvalue weighted by molar-refractivity contribution is -0.00198. The molecular formula is C19H19NO5. The number of carbonyl (C=O) groups excluding carboxylic acids is 1. The van der Waals surface area contributed by atoms with Crippen molar-refractivity contribution in [2.75, 3.05) is 21.3 Å². The fourth-order valence-corrected chi connectivity index (χ4v) is 3.54. The van der Waals surface area contributed by atoms with Crippen LogP contribution >= 0.6 is 0 Å². The van der Waals surface area contributed by atoms with Crippen LogP contribution < -0.4 is 18.9 Å². The van der Waals surface area contributed by atoms with Gasteiger partial charge in [0.05, 0.1) is 32.9 Å². The van der Waals surface area contributed by atoms with Crippen molar-refractivity contribution in [1.29, 1.82) is 0 Å². The number of hydrogen-bond acceptors (Lipinski definition) is 5. The molecule has 130 valence electrons. The molecule has 0 fully saturated rings. The highest BCUT2D eigenvalue weighted by Gasteiger charge is 2.46. The number of carbonyl (C=O) groups is 1. The second-order valence-corrected chi connectivity index (χ2v) is 6.06. The Morgan fingerprint density at radius 3 is 2.36 bits per heavy atom. The van der Waals surface area contributed by atoms with Gasteiger partial charge in [-0.1, -0.05) is 0 Å². The Morgan fingerprint density at radius 2 is 1.68 bits per heavy atom. The molecule has 4 rings (SSSR count). The van der Waals surface area contributed by atoms with E-state index in [2.05, 4.69) is 0 Å². The van der Waals surface area contributed by atoms with E-state index in [1.165, 1.54) is 0 Å². The lowest BCUT2D eigenvalue weighted by atomic mass is 10.0. The number of nitrogens with zero attached hydrogens (tertiary/aromatic N) is 1. The first-order valence-corrected chi connectivity index (χ1v) is 8.02. The van der Waals surface area contributed by atoms with Gasteiger partial charge in [0, 0.05) is 11.1 Å². The summed E-state index contributed by atoms with van der Waals surface area (Å²) in [5, 5.41) is 0. The van der Waals surface area contributed by atoms with Crippen LogP contribution in [-0.4, -0.2) is 32.1 Å². The van der Waals surface area contributed by atoms with Crippen LogP contribution in [0.4, 0.5) is 0 Å². The van der Waals surface area contributed by atoms with E-state index in [1.807, 2.05) is 31.2 Å². The average Bonchev–Trinajstić information content (AvgIpc) is 2.92. The van der Waals surface area contributed by atoms with Crippen LogP contribution in [-0.2, 0) is 0 Å². The molecule has 0 bridgehead atoms. The van der Waals surface area contributed by atoms with Gasteiger partial charge in [-0.15, -0.1) is 0 Å². The number of ether oxygens (including phenoxy) is 4. The van der Waals surface area contributed by atoms with Crippen molar-refractivity contribution in [3.05, 3.63) is 47.0 Å². The van der Waals surface area contributed by atoms with E-state index >= 15 is 0 Å². The zero-order chi connectivity index (χ0) is 17.7. The van der Waals surface area contributed by atoms with Crippen LogP contribution in [0.15, 0.2) is 30.3 Å². The minimum atomic E-state index is -0.474. The van der Waals surface area contributed by atoms with Crippen LogP contribution in [0.2, 0.25) is 0 Å². The van der Waals surface area contributed by atoms with Crippen LogP contribution in [0.1, 0.15) is 40.7 Å². The van der Waals surface area contributed by atoms with E-state index in [1.54, 1.807) is 32.3 Å². The molecule has 2 heterocycles. The Morgan fingerprint density at radius 1 is 0.960 bits per heavy atom. The second kappa shape index (κ2) is 5.58. The van der Waals surface area contributed by atoms with Crippen molar-refractivity contribution < 1.29 is 23.7 Å². The van der Waals surface area contributed by atoms with Crippen molar-refractivity contribution in [2.24, 2.45) is 0 Å². The highest BCUT2D eigenvalue weighted by molar-refractivity contribution is 6.00. The summed E-state index contributed by atoms with van der Waals surface area (Å²) < 4.78 is 22.2. The lowest BCUT2D eigenvalue weighted by Crippen LogP contribution is -2.37. The highest BCUT2D eigenvalue weighted by atomic mass is 16.5. The second-order valence-electron chi connectivity index (χ2n) is 6.06. The zero-order valence-electron chi connectivity index (χ0n) is 14.5. The topological polar surface area (TPSA) is 57.2 Å². The molecule has 0 N–H and O–H groups in total. The number of hydrogen-bond donors (Lipinski definition) is 0. The fraction of sp³-hybridized carbons (Fsp3) is 0.316. The Kier molecular flexibility index (Phi) is 3.49. The van der Waals surface area contributed by atoms with Gasteiger partial charge in [0.25, 0.3) is 5.91 Å². The summed E-state index contributed by atoms with van der Waals surface area (Å²) in [5.74, 6) is 2.51. The predicted octanol–water partition coefficient (Wildman–Crippen LogP) is 3.32. The molecule has 1 amide bonds. The summed E-state index contributed by atoms with van der Waals surface area (Å²) in [6.07, 6.45) is -0.474. The van der Waals surface area contributed by atoms with E-state index in [0.29, 0.717) is 17.1 Å². The summed E-state index contributed by atoms with van der Waals surface area (Å²) in [4.78, 5) is 14.7. The third-order valence-electron chi connectivity index (χ3n) is 4.86. The smallest absolute Gasteiger partial charge is 0.258 e. The van der Waals surface area contributed by atoms with Gasteiger partial charge in [-0.05, 0) is 37.3 Å². The van der Waals surface area contributed by atoms with Gasteiger partial charge < -0.3 is 18.9 Å². The molecule has 0 aliphatic carbocycles. The number of fused-ring (bicyclic) bond motifs is 4. The first-order chi connectivity index (χ1) is 12.1. The normalized spacial score (nSPS) is 20.3. The summed E-state index contributed by atoms with van der Waals surface area (Å²) in [5.41, 5.74) is 2.29. The average molecular weight is 341 g/mol. The molecule has 2 aliphatic heterocycles. The largest absolute Gasteiger partial charge is 0.497 e. The first kappa shape index (κ1) is 15.6. The SMILES string of the molecule is COc1ccc2c(c1)[C@H](C)N1C(=O)c3cc(OC)c(OC)cc3[C@H]1O2. The van der Waals surface area contributed by atoms with Crippen molar-refractivity contribution in [2.45, 2.75) is 19.2 Å². The van der Waals surface area contributed by atoms with Crippen molar-refractivity contribution in [1.82, 2.24) is 4.90 Å². The molecule has 0 spiro atoms. The predicted molar refractivity (Wildman–Crippen MR) is 90.5 cm³/mol. The van der Waals surface area contributed by atoms with E-state index in [4.69, 9.17) is 18.9 Å². The molecule has 6 nitrogen and oxygen atoms in total. The van der Waals surface area contributed by atoms with E-state index < -0.39 is 6.23 Å². The van der Waals surface area contributed by atoms with Crippen LogP contribution in [0, 0.1) is 0 Å². The lowest BCUT2D eigenvalue weighted by Gasteiger charge is -2.37. The maximum absolute atomic E-state index is 13.0. The van der Waals surface area contributed by atoms with Gasteiger partial charge in [-0.3, -0.25) is 9.69 Å². The van der Waals surface area contributed by atoms with Gasteiger partial charge in [-0.2, -0.15) is 0 Å². The number of benzene rings is 2. The maximum atomic E-state index is 13.0. The van der Waals surface area contributed by atoms with Gasteiger partial charge in [-0.25, -0.2) is 0 Å². The molecule has 0 unspecified atom stereocenters. The summed E-state index contributed by atoms with van der Waals surface area (Å²) >= 11 is 0. The van der Waals surface area contributed by atoms with Gasteiger partial charge in [0.1, 0.15) is 11.5 Å². The molecule has 0 aromatic heterocycles. The molecule has 6 heteroatoms. The summed E-state index contributed by atoms with van der Waals surface area (Å²) in [6.45, 7) is 1.99. The molecule has 0 saturated carbocycles. The molecule has 0 saturated heterocycles. The zero-order valence-corrected chi connectivity index (χ0v) is 14.5. The Bertz CT molecular complexity index is 863. The van der Waals surface area contributed by atoms with E-state index in [-0.39, 0.29) is 11.9 Å². The van der Waals surface area contributed by atoms with E-state index in [9.17, 15) is 4.79 Å². The van der Waals surface area contributed by atoms with E-state index in [0.717, 1.165) is 22.6 Å². The molecule has 2 aliphatic rings. The third kappa shape index (κ3) is 2.13. The Labute approximate surface area is 145 Å². The van der Waals surface area contributed by atoms with Gasteiger partial charge >= 0.3 is 0 Å². The van der Waals surface area contributed by atoms with Crippen molar-refractivity contribution in [3.8, 4) is 23.0 Å². The fourth-order valence-electron chi connectivity index (χ4n) is 3.54. The monoisotopic (exact) mass is 341 g/mol. The minimum Gasteiger partial charge on any atom is -0.497 e. The highest BCUT2D eigenvalue weighted by Crippen LogP contribution is 2.50. The number of methoxy groups -OCH3 is 3. The Hall–Kier alpha value is -2.89. The standard InChI is InChI=1S/C19H19NO5/c1-10-12-7-11(22-2)5-6-15(12)25-19-14-9-17(24-4)16(23-3)8-13(14)18(21)20(10)19/h5-10,19H,1-4H3/t10-,19+/m0/s1. The molecule has 2 aromatic carbocycles.